The van der Waals surface area contributed by atoms with E-state index in [1.165, 1.54) is 31.4 Å². The first-order chi connectivity index (χ1) is 10.0. The molecular formula is C17H26N2O2. The Hall–Kier alpha value is -1.58. The third-order valence-corrected chi connectivity index (χ3v) is 4.43. The molecule has 0 aromatic heterocycles. The van der Waals surface area contributed by atoms with E-state index in [-0.39, 0.29) is 10.6 Å². The molecule has 1 aliphatic rings. The summed E-state index contributed by atoms with van der Waals surface area (Å²) < 4.78 is 0. The molecule has 0 unspecified atom stereocenters. The molecule has 1 aromatic rings. The molecule has 21 heavy (non-hydrogen) atoms. The second-order valence-corrected chi connectivity index (χ2v) is 6.34. The Morgan fingerprint density at radius 3 is 2.71 bits per heavy atom. The first-order valence-corrected chi connectivity index (χ1v) is 8.08. The number of rotatable bonds is 7. The molecule has 4 heteroatoms. The maximum absolute atomic E-state index is 10.9. The van der Waals surface area contributed by atoms with E-state index >= 15 is 0 Å². The van der Waals surface area contributed by atoms with E-state index in [2.05, 4.69) is 25.7 Å². The van der Waals surface area contributed by atoms with Gasteiger partial charge in [0.05, 0.1) is 4.92 Å². The van der Waals surface area contributed by atoms with Crippen LogP contribution in [0.2, 0.25) is 0 Å². The zero-order chi connectivity index (χ0) is 15.4. The number of non-ortho nitro benzene ring substituents is 1. The van der Waals surface area contributed by atoms with Gasteiger partial charge in [-0.3, -0.25) is 10.1 Å². The highest BCUT2D eigenvalue weighted by molar-refractivity contribution is 5.62. The van der Waals surface area contributed by atoms with Crippen molar-refractivity contribution in [1.82, 2.24) is 0 Å². The van der Waals surface area contributed by atoms with Crippen LogP contribution in [0, 0.1) is 16.0 Å². The second kappa shape index (κ2) is 6.92. The quantitative estimate of drug-likeness (QED) is 0.420. The van der Waals surface area contributed by atoms with Crippen molar-refractivity contribution in [3.8, 4) is 0 Å². The Bertz CT molecular complexity index is 500. The van der Waals surface area contributed by atoms with Crippen LogP contribution in [-0.4, -0.2) is 17.5 Å². The molecule has 0 aliphatic carbocycles. The third kappa shape index (κ3) is 3.55. The molecule has 0 amide bonds. The van der Waals surface area contributed by atoms with E-state index in [0.29, 0.717) is 12.0 Å². The zero-order valence-electron chi connectivity index (χ0n) is 13.3. The van der Waals surface area contributed by atoms with Crippen LogP contribution in [-0.2, 0) is 6.42 Å². The molecule has 4 nitrogen and oxygen atoms in total. The fraction of sp³-hybridized carbons (Fsp3) is 0.647. The van der Waals surface area contributed by atoms with Crippen LogP contribution in [0.5, 0.6) is 0 Å². The zero-order valence-corrected chi connectivity index (χ0v) is 13.3. The SMILES string of the molecule is CCCCCCN1c2ccc([N+](=O)[O-])cc2C[C@@H]1C(C)C. The highest BCUT2D eigenvalue weighted by atomic mass is 16.6. The topological polar surface area (TPSA) is 46.4 Å². The number of nitrogens with zero attached hydrogens (tertiary/aromatic N) is 2. The molecule has 0 bridgehead atoms. The van der Waals surface area contributed by atoms with Crippen molar-refractivity contribution >= 4 is 11.4 Å². The van der Waals surface area contributed by atoms with Gasteiger partial charge in [-0.15, -0.1) is 0 Å². The lowest BCUT2D eigenvalue weighted by molar-refractivity contribution is -0.384. The van der Waals surface area contributed by atoms with E-state index in [9.17, 15) is 10.1 Å². The van der Waals surface area contributed by atoms with Gasteiger partial charge in [0.25, 0.3) is 5.69 Å². The number of hydrogen-bond donors (Lipinski definition) is 0. The van der Waals surface area contributed by atoms with Gasteiger partial charge >= 0.3 is 0 Å². The highest BCUT2D eigenvalue weighted by Crippen LogP contribution is 2.37. The van der Waals surface area contributed by atoms with Gasteiger partial charge in [0, 0.05) is 30.4 Å². The van der Waals surface area contributed by atoms with Crippen LogP contribution >= 0.6 is 0 Å². The molecule has 1 aromatic carbocycles. The van der Waals surface area contributed by atoms with Gasteiger partial charge < -0.3 is 4.90 Å². The first-order valence-electron chi connectivity index (χ1n) is 8.08. The Morgan fingerprint density at radius 1 is 1.33 bits per heavy atom. The molecule has 0 saturated carbocycles. The highest BCUT2D eigenvalue weighted by Gasteiger charge is 2.31. The predicted molar refractivity (Wildman–Crippen MR) is 86.9 cm³/mol. The normalized spacial score (nSPS) is 17.3. The van der Waals surface area contributed by atoms with Crippen LogP contribution in [0.15, 0.2) is 18.2 Å². The Labute approximate surface area is 127 Å². The maximum Gasteiger partial charge on any atom is 0.269 e. The summed E-state index contributed by atoms with van der Waals surface area (Å²) in [6.45, 7) is 7.77. The summed E-state index contributed by atoms with van der Waals surface area (Å²) in [5.74, 6) is 0.558. The van der Waals surface area contributed by atoms with Crippen LogP contribution in [0.4, 0.5) is 11.4 Å². The minimum absolute atomic E-state index is 0.212. The van der Waals surface area contributed by atoms with Crippen molar-refractivity contribution in [1.29, 1.82) is 0 Å². The molecule has 1 atom stereocenters. The summed E-state index contributed by atoms with van der Waals surface area (Å²) in [5.41, 5.74) is 2.55. The predicted octanol–water partition coefficient (Wildman–Crippen LogP) is 4.56. The maximum atomic E-state index is 10.9. The summed E-state index contributed by atoms with van der Waals surface area (Å²) in [7, 11) is 0. The lowest BCUT2D eigenvalue weighted by Crippen LogP contribution is -2.36. The van der Waals surface area contributed by atoms with E-state index in [0.717, 1.165) is 18.5 Å². The fourth-order valence-electron chi connectivity index (χ4n) is 3.23. The minimum Gasteiger partial charge on any atom is -0.368 e. The number of nitro groups is 1. The van der Waals surface area contributed by atoms with Crippen molar-refractivity contribution in [3.05, 3.63) is 33.9 Å². The summed E-state index contributed by atoms with van der Waals surface area (Å²) in [6.07, 6.45) is 5.93. The largest absolute Gasteiger partial charge is 0.368 e. The van der Waals surface area contributed by atoms with Gasteiger partial charge in [0.15, 0.2) is 0 Å². The average Bonchev–Trinajstić information content (AvgIpc) is 2.81. The standard InChI is InChI=1S/C17H26N2O2/c1-4-5-6-7-10-18-16-9-8-15(19(20)21)11-14(16)12-17(18)13(2)3/h8-9,11,13,17H,4-7,10,12H2,1-3H3/t17-/m1/s1. The van der Waals surface area contributed by atoms with Crippen molar-refractivity contribution in [2.45, 2.75) is 58.9 Å². The van der Waals surface area contributed by atoms with Gasteiger partial charge in [-0.1, -0.05) is 40.0 Å². The number of anilines is 1. The van der Waals surface area contributed by atoms with E-state index in [4.69, 9.17) is 0 Å². The van der Waals surface area contributed by atoms with Gasteiger partial charge in [-0.2, -0.15) is 0 Å². The Morgan fingerprint density at radius 2 is 2.10 bits per heavy atom. The summed E-state index contributed by atoms with van der Waals surface area (Å²) in [5, 5.41) is 10.9. The first kappa shape index (κ1) is 15.8. The van der Waals surface area contributed by atoms with E-state index in [1.54, 1.807) is 12.1 Å². The number of benzene rings is 1. The van der Waals surface area contributed by atoms with Gasteiger partial charge in [0.1, 0.15) is 0 Å². The van der Waals surface area contributed by atoms with Gasteiger partial charge in [0.2, 0.25) is 0 Å². The molecule has 0 spiro atoms. The van der Waals surface area contributed by atoms with Crippen molar-refractivity contribution in [3.63, 3.8) is 0 Å². The third-order valence-electron chi connectivity index (χ3n) is 4.43. The number of hydrogen-bond acceptors (Lipinski definition) is 3. The van der Waals surface area contributed by atoms with Crippen molar-refractivity contribution < 1.29 is 4.92 Å². The lowest BCUT2D eigenvalue weighted by atomic mass is 9.99. The molecule has 0 saturated heterocycles. The summed E-state index contributed by atoms with van der Waals surface area (Å²) >= 11 is 0. The molecule has 1 aliphatic heterocycles. The molecule has 0 radical (unpaired) electrons. The molecule has 2 rings (SSSR count). The fourth-order valence-corrected chi connectivity index (χ4v) is 3.23. The Balaban J connectivity index is 2.16. The molecule has 0 N–H and O–H groups in total. The second-order valence-electron chi connectivity index (χ2n) is 6.34. The number of unbranched alkanes of at least 4 members (excludes halogenated alkanes) is 3. The van der Waals surface area contributed by atoms with Gasteiger partial charge in [-0.25, -0.2) is 0 Å². The molecule has 0 fully saturated rings. The Kier molecular flexibility index (Phi) is 5.21. The smallest absolute Gasteiger partial charge is 0.269 e. The molecule has 1 heterocycles. The average molecular weight is 290 g/mol. The van der Waals surface area contributed by atoms with Crippen LogP contribution in [0.1, 0.15) is 52.0 Å². The molecule has 116 valence electrons. The molecular weight excluding hydrogens is 264 g/mol. The van der Waals surface area contributed by atoms with E-state index < -0.39 is 0 Å². The monoisotopic (exact) mass is 290 g/mol. The summed E-state index contributed by atoms with van der Waals surface area (Å²) in [6, 6.07) is 5.82. The van der Waals surface area contributed by atoms with E-state index in [1.807, 2.05) is 6.07 Å². The summed E-state index contributed by atoms with van der Waals surface area (Å²) in [4.78, 5) is 13.1. The number of fused-ring (bicyclic) bond motifs is 1. The van der Waals surface area contributed by atoms with Crippen LogP contribution in [0.25, 0.3) is 0 Å². The van der Waals surface area contributed by atoms with Crippen molar-refractivity contribution in [2.24, 2.45) is 5.92 Å². The minimum atomic E-state index is -0.297. The van der Waals surface area contributed by atoms with Gasteiger partial charge in [-0.05, 0) is 30.4 Å². The number of nitro benzene ring substituents is 1. The van der Waals surface area contributed by atoms with Crippen molar-refractivity contribution in [2.75, 3.05) is 11.4 Å². The lowest BCUT2D eigenvalue weighted by Gasteiger charge is -2.30. The van der Waals surface area contributed by atoms with Crippen LogP contribution in [0.3, 0.4) is 0 Å². The van der Waals surface area contributed by atoms with Crippen LogP contribution < -0.4 is 4.90 Å².